The van der Waals surface area contributed by atoms with Gasteiger partial charge < -0.3 is 14.8 Å². The SMILES string of the molecule is COc1ccc(C)cc1C(=O)O[C@@H](C)C(=O)Nc1c(C)cc(C)cc1C. The maximum atomic E-state index is 12.5. The average molecular weight is 355 g/mol. The Kier molecular flexibility index (Phi) is 6.03. The highest BCUT2D eigenvalue weighted by atomic mass is 16.5. The number of esters is 1. The van der Waals surface area contributed by atoms with Gasteiger partial charge in [0.25, 0.3) is 5.91 Å². The number of rotatable bonds is 5. The van der Waals surface area contributed by atoms with Crippen LogP contribution in [0.15, 0.2) is 30.3 Å². The molecule has 1 atom stereocenters. The molecule has 2 rings (SSSR count). The fraction of sp³-hybridized carbons (Fsp3) is 0.333. The van der Waals surface area contributed by atoms with Crippen molar-refractivity contribution in [3.63, 3.8) is 0 Å². The van der Waals surface area contributed by atoms with Crippen molar-refractivity contribution >= 4 is 17.6 Å². The third-order valence-electron chi connectivity index (χ3n) is 4.15. The molecule has 0 aliphatic carbocycles. The molecule has 26 heavy (non-hydrogen) atoms. The van der Waals surface area contributed by atoms with Crippen LogP contribution < -0.4 is 10.1 Å². The minimum Gasteiger partial charge on any atom is -0.496 e. The van der Waals surface area contributed by atoms with Crippen LogP contribution in [0.4, 0.5) is 5.69 Å². The Labute approximate surface area is 154 Å². The van der Waals surface area contributed by atoms with Gasteiger partial charge in [0, 0.05) is 5.69 Å². The van der Waals surface area contributed by atoms with Crippen molar-refractivity contribution < 1.29 is 19.1 Å². The van der Waals surface area contributed by atoms with Crippen molar-refractivity contribution in [2.24, 2.45) is 0 Å². The third-order valence-corrected chi connectivity index (χ3v) is 4.15. The van der Waals surface area contributed by atoms with E-state index < -0.39 is 12.1 Å². The maximum absolute atomic E-state index is 12.5. The molecule has 1 amide bonds. The van der Waals surface area contributed by atoms with Crippen molar-refractivity contribution in [3.8, 4) is 5.75 Å². The van der Waals surface area contributed by atoms with Crippen LogP contribution in [0, 0.1) is 27.7 Å². The molecule has 2 aromatic carbocycles. The third kappa shape index (κ3) is 4.42. The van der Waals surface area contributed by atoms with Gasteiger partial charge in [-0.1, -0.05) is 29.3 Å². The van der Waals surface area contributed by atoms with Crippen molar-refractivity contribution in [2.45, 2.75) is 40.7 Å². The normalized spacial score (nSPS) is 11.6. The van der Waals surface area contributed by atoms with Crippen LogP contribution in [-0.4, -0.2) is 25.1 Å². The predicted molar refractivity (Wildman–Crippen MR) is 102 cm³/mol. The molecule has 0 unspecified atom stereocenters. The van der Waals surface area contributed by atoms with Gasteiger partial charge in [0.2, 0.25) is 0 Å². The first-order valence-electron chi connectivity index (χ1n) is 8.47. The predicted octanol–water partition coefficient (Wildman–Crippen LogP) is 4.11. The van der Waals surface area contributed by atoms with Gasteiger partial charge in [-0.25, -0.2) is 4.79 Å². The number of methoxy groups -OCH3 is 1. The summed E-state index contributed by atoms with van der Waals surface area (Å²) in [5.41, 5.74) is 5.01. The molecule has 5 nitrogen and oxygen atoms in total. The maximum Gasteiger partial charge on any atom is 0.342 e. The lowest BCUT2D eigenvalue weighted by Gasteiger charge is -2.17. The van der Waals surface area contributed by atoms with E-state index in [1.807, 2.05) is 45.9 Å². The second-order valence-electron chi connectivity index (χ2n) is 6.51. The lowest BCUT2D eigenvalue weighted by molar-refractivity contribution is -0.123. The summed E-state index contributed by atoms with van der Waals surface area (Å²) < 4.78 is 10.5. The van der Waals surface area contributed by atoms with Gasteiger partial charge in [0.15, 0.2) is 6.10 Å². The van der Waals surface area contributed by atoms with Crippen LogP contribution in [0.3, 0.4) is 0 Å². The first-order valence-corrected chi connectivity index (χ1v) is 8.47. The smallest absolute Gasteiger partial charge is 0.342 e. The van der Waals surface area contributed by atoms with Gasteiger partial charge in [-0.05, 0) is 57.9 Å². The Morgan fingerprint density at radius 3 is 2.15 bits per heavy atom. The van der Waals surface area contributed by atoms with E-state index >= 15 is 0 Å². The molecule has 138 valence electrons. The average Bonchev–Trinajstić information content (AvgIpc) is 2.57. The summed E-state index contributed by atoms with van der Waals surface area (Å²) in [4.78, 5) is 24.9. The number of amides is 1. The molecule has 0 saturated carbocycles. The number of nitrogens with one attached hydrogen (secondary N) is 1. The Balaban J connectivity index is 2.12. The van der Waals surface area contributed by atoms with Crippen LogP contribution >= 0.6 is 0 Å². The zero-order valence-corrected chi connectivity index (χ0v) is 16.1. The summed E-state index contributed by atoms with van der Waals surface area (Å²) >= 11 is 0. The van der Waals surface area contributed by atoms with Gasteiger partial charge in [0.05, 0.1) is 7.11 Å². The van der Waals surface area contributed by atoms with Gasteiger partial charge in [-0.15, -0.1) is 0 Å². The Hall–Kier alpha value is -2.82. The topological polar surface area (TPSA) is 64.6 Å². The summed E-state index contributed by atoms with van der Waals surface area (Å²) in [6.45, 7) is 9.29. The molecule has 0 fully saturated rings. The molecular formula is C21H25NO4. The number of anilines is 1. The van der Waals surface area contributed by atoms with Crippen LogP contribution in [0.1, 0.15) is 39.5 Å². The number of aryl methyl sites for hydroxylation is 4. The quantitative estimate of drug-likeness (QED) is 0.820. The van der Waals surface area contributed by atoms with E-state index in [1.54, 1.807) is 19.1 Å². The van der Waals surface area contributed by atoms with Crippen molar-refractivity contribution in [2.75, 3.05) is 12.4 Å². The molecule has 0 aromatic heterocycles. The highest BCUT2D eigenvalue weighted by molar-refractivity contribution is 5.99. The highest BCUT2D eigenvalue weighted by Gasteiger charge is 2.22. The monoisotopic (exact) mass is 355 g/mol. The Morgan fingerprint density at radius 1 is 0.962 bits per heavy atom. The molecule has 0 saturated heterocycles. The molecular weight excluding hydrogens is 330 g/mol. The van der Waals surface area contributed by atoms with Crippen molar-refractivity contribution in [3.05, 3.63) is 58.1 Å². The largest absolute Gasteiger partial charge is 0.496 e. The molecule has 0 spiro atoms. The molecule has 0 radical (unpaired) electrons. The number of carbonyl (C=O) groups excluding carboxylic acids is 2. The number of hydrogen-bond donors (Lipinski definition) is 1. The highest BCUT2D eigenvalue weighted by Crippen LogP contribution is 2.23. The summed E-state index contributed by atoms with van der Waals surface area (Å²) in [6, 6.07) is 9.22. The lowest BCUT2D eigenvalue weighted by Crippen LogP contribution is -2.30. The second kappa shape index (κ2) is 8.04. The number of carbonyl (C=O) groups is 2. The van der Waals surface area contributed by atoms with Crippen LogP contribution in [0.5, 0.6) is 5.75 Å². The van der Waals surface area contributed by atoms with Crippen LogP contribution in [0.25, 0.3) is 0 Å². The summed E-state index contributed by atoms with van der Waals surface area (Å²) in [6.07, 6.45) is -0.937. The van der Waals surface area contributed by atoms with Gasteiger partial charge in [-0.3, -0.25) is 4.79 Å². The lowest BCUT2D eigenvalue weighted by atomic mass is 10.0. The minimum absolute atomic E-state index is 0.301. The molecule has 0 heterocycles. The van der Waals surface area contributed by atoms with Crippen LogP contribution in [0.2, 0.25) is 0 Å². The minimum atomic E-state index is -0.937. The summed E-state index contributed by atoms with van der Waals surface area (Å²) in [7, 11) is 1.49. The summed E-state index contributed by atoms with van der Waals surface area (Å²) in [5, 5.41) is 2.85. The van der Waals surface area contributed by atoms with E-state index in [0.29, 0.717) is 11.3 Å². The van der Waals surface area contributed by atoms with Gasteiger partial charge in [-0.2, -0.15) is 0 Å². The van der Waals surface area contributed by atoms with E-state index in [-0.39, 0.29) is 5.91 Å². The second-order valence-corrected chi connectivity index (χ2v) is 6.51. The molecule has 2 aromatic rings. The molecule has 0 bridgehead atoms. The number of benzene rings is 2. The standard InChI is InChI=1S/C21H25NO4/c1-12-7-8-18(25-6)17(11-12)21(24)26-16(5)20(23)22-19-14(3)9-13(2)10-15(19)4/h7-11,16H,1-6H3,(H,22,23)/t16-/m0/s1. The van der Waals surface area contributed by atoms with Crippen molar-refractivity contribution in [1.82, 2.24) is 0 Å². The van der Waals surface area contributed by atoms with Gasteiger partial charge >= 0.3 is 5.97 Å². The van der Waals surface area contributed by atoms with Gasteiger partial charge in [0.1, 0.15) is 11.3 Å². The first-order chi connectivity index (χ1) is 12.2. The molecule has 0 aliphatic heterocycles. The first kappa shape index (κ1) is 19.5. The van der Waals surface area contributed by atoms with E-state index in [9.17, 15) is 9.59 Å². The van der Waals surface area contributed by atoms with Crippen molar-refractivity contribution in [1.29, 1.82) is 0 Å². The number of hydrogen-bond acceptors (Lipinski definition) is 4. The van der Waals surface area contributed by atoms with E-state index in [4.69, 9.17) is 9.47 Å². The Bertz CT molecular complexity index is 819. The Morgan fingerprint density at radius 2 is 1.58 bits per heavy atom. The molecule has 0 aliphatic rings. The van der Waals surface area contributed by atoms with Crippen LogP contribution in [-0.2, 0) is 9.53 Å². The molecule has 5 heteroatoms. The van der Waals surface area contributed by atoms with E-state index in [1.165, 1.54) is 7.11 Å². The zero-order chi connectivity index (χ0) is 19.4. The fourth-order valence-corrected chi connectivity index (χ4v) is 2.86. The zero-order valence-electron chi connectivity index (χ0n) is 16.1. The fourth-order valence-electron chi connectivity index (χ4n) is 2.86. The summed E-state index contributed by atoms with van der Waals surface area (Å²) in [5.74, 6) is -0.552. The van der Waals surface area contributed by atoms with E-state index in [2.05, 4.69) is 5.32 Å². The molecule has 1 N–H and O–H groups in total. The van der Waals surface area contributed by atoms with E-state index in [0.717, 1.165) is 27.9 Å². The number of ether oxygens (including phenoxy) is 2.